The van der Waals surface area contributed by atoms with E-state index in [0.717, 1.165) is 18.3 Å². The van der Waals surface area contributed by atoms with Crippen LogP contribution in [-0.2, 0) is 11.8 Å². The number of carbonyl (C=O) groups is 1. The maximum Gasteiger partial charge on any atom is 0.248 e. The van der Waals surface area contributed by atoms with Crippen LogP contribution in [0.2, 0.25) is 0 Å². The van der Waals surface area contributed by atoms with E-state index < -0.39 is 0 Å². The van der Waals surface area contributed by atoms with Gasteiger partial charge < -0.3 is 5.73 Å². The fourth-order valence-corrected chi connectivity index (χ4v) is 5.27. The monoisotopic (exact) mass is 326 g/mol. The lowest BCUT2D eigenvalue weighted by molar-refractivity contribution is 0.0206. The third-order valence-corrected chi connectivity index (χ3v) is 7.36. The molecule has 1 saturated heterocycles. The van der Waals surface area contributed by atoms with Crippen molar-refractivity contribution in [3.63, 3.8) is 0 Å². The number of rotatable bonds is 4. The van der Waals surface area contributed by atoms with Crippen LogP contribution in [0.1, 0.15) is 61.5 Å². The number of hydrogen-bond donors (Lipinski definition) is 1. The Morgan fingerprint density at radius 3 is 2.83 bits per heavy atom. The van der Waals surface area contributed by atoms with Gasteiger partial charge in [-0.15, -0.1) is 0 Å². The number of nitrogens with two attached hydrogens (primary N) is 1. The van der Waals surface area contributed by atoms with Crippen LogP contribution < -0.4 is 5.73 Å². The van der Waals surface area contributed by atoms with Gasteiger partial charge in [-0.2, -0.15) is 0 Å². The van der Waals surface area contributed by atoms with E-state index in [-0.39, 0.29) is 11.3 Å². The van der Waals surface area contributed by atoms with Crippen molar-refractivity contribution >= 4 is 5.91 Å². The second kappa shape index (κ2) is 5.59. The third-order valence-electron chi connectivity index (χ3n) is 7.36. The fraction of sp³-hybridized carbons (Fsp3) is 0.667. The van der Waals surface area contributed by atoms with E-state index in [1.807, 2.05) is 6.07 Å². The molecule has 24 heavy (non-hydrogen) atoms. The highest BCUT2D eigenvalue weighted by Gasteiger charge is 2.48. The van der Waals surface area contributed by atoms with Gasteiger partial charge in [0.25, 0.3) is 0 Å². The summed E-state index contributed by atoms with van der Waals surface area (Å²) in [5.41, 5.74) is 9.14. The molecule has 1 heterocycles. The number of primary amides is 1. The summed E-state index contributed by atoms with van der Waals surface area (Å²) < 4.78 is 0. The lowest BCUT2D eigenvalue weighted by Gasteiger charge is -2.55. The molecule has 3 aliphatic rings. The molecule has 4 rings (SSSR count). The number of carbonyl (C=O) groups excluding carboxylic acids is 1. The van der Waals surface area contributed by atoms with Crippen LogP contribution in [-0.4, -0.2) is 29.9 Å². The SMILES string of the molecule is CC1[C@H]2Cc3ccc(C(N)=O)cc3[C@]1(C)CCN2C[C@H](C)C1CC1. The molecule has 0 spiro atoms. The molecule has 1 aliphatic heterocycles. The van der Waals surface area contributed by atoms with Crippen molar-refractivity contribution in [3.05, 3.63) is 34.9 Å². The summed E-state index contributed by atoms with van der Waals surface area (Å²) in [6.07, 6.45) is 5.16. The summed E-state index contributed by atoms with van der Waals surface area (Å²) in [5.74, 6) is 2.11. The topological polar surface area (TPSA) is 46.3 Å². The Balaban J connectivity index is 1.64. The zero-order chi connectivity index (χ0) is 17.1. The van der Waals surface area contributed by atoms with Crippen molar-refractivity contribution in [2.24, 2.45) is 23.5 Å². The number of likely N-dealkylation sites (tertiary alicyclic amines) is 1. The Kier molecular flexibility index (Phi) is 3.76. The zero-order valence-electron chi connectivity index (χ0n) is 15.2. The molecular formula is C21H30N2O. The summed E-state index contributed by atoms with van der Waals surface area (Å²) >= 11 is 0. The van der Waals surface area contributed by atoms with Gasteiger partial charge in [0.1, 0.15) is 0 Å². The standard InChI is InChI=1S/C21H30N2O/c1-13(15-4-5-15)12-23-9-8-21(3)14(2)19(23)11-16-6-7-17(20(22)24)10-18(16)21/h6-7,10,13-15,19H,4-5,8-9,11-12H2,1-3H3,(H2,22,24)/t13-,14?,19+,21+/m0/s1. The first-order valence-electron chi connectivity index (χ1n) is 9.57. The molecule has 1 saturated carbocycles. The Morgan fingerprint density at radius 1 is 1.42 bits per heavy atom. The zero-order valence-corrected chi connectivity index (χ0v) is 15.2. The second-order valence-corrected chi connectivity index (χ2v) is 8.77. The van der Waals surface area contributed by atoms with Gasteiger partial charge in [-0.3, -0.25) is 9.69 Å². The maximum absolute atomic E-state index is 11.6. The van der Waals surface area contributed by atoms with Crippen molar-refractivity contribution in [1.29, 1.82) is 0 Å². The van der Waals surface area contributed by atoms with Gasteiger partial charge in [0, 0.05) is 18.2 Å². The largest absolute Gasteiger partial charge is 0.366 e. The molecule has 1 aromatic rings. The molecule has 0 radical (unpaired) electrons. The Labute approximate surface area is 145 Å². The van der Waals surface area contributed by atoms with Crippen LogP contribution in [0, 0.1) is 17.8 Å². The first kappa shape index (κ1) is 16.1. The first-order chi connectivity index (χ1) is 11.4. The lowest BCUT2D eigenvalue weighted by atomic mass is 9.58. The lowest BCUT2D eigenvalue weighted by Crippen LogP contribution is -2.58. The number of amides is 1. The highest BCUT2D eigenvalue weighted by molar-refractivity contribution is 5.93. The van der Waals surface area contributed by atoms with Crippen molar-refractivity contribution in [2.75, 3.05) is 13.1 Å². The van der Waals surface area contributed by atoms with Crippen LogP contribution in [0.3, 0.4) is 0 Å². The highest BCUT2D eigenvalue weighted by atomic mass is 16.1. The number of fused-ring (bicyclic) bond motifs is 4. The molecule has 2 N–H and O–H groups in total. The summed E-state index contributed by atoms with van der Waals surface area (Å²) in [5, 5.41) is 0. The van der Waals surface area contributed by atoms with Crippen molar-refractivity contribution in [1.82, 2.24) is 4.90 Å². The Hall–Kier alpha value is -1.35. The van der Waals surface area contributed by atoms with Gasteiger partial charge in [0.05, 0.1) is 0 Å². The molecule has 1 aromatic carbocycles. The predicted octanol–water partition coefficient (Wildman–Crippen LogP) is 3.36. The Bertz CT molecular complexity index is 666. The van der Waals surface area contributed by atoms with Crippen LogP contribution >= 0.6 is 0 Å². The van der Waals surface area contributed by atoms with Crippen LogP contribution in [0.4, 0.5) is 0 Å². The van der Waals surface area contributed by atoms with Crippen molar-refractivity contribution in [3.8, 4) is 0 Å². The first-order valence-corrected chi connectivity index (χ1v) is 9.57. The molecule has 1 unspecified atom stereocenters. The Morgan fingerprint density at radius 2 is 2.17 bits per heavy atom. The van der Waals surface area contributed by atoms with E-state index in [1.165, 1.54) is 43.5 Å². The molecule has 0 aromatic heterocycles. The minimum absolute atomic E-state index is 0.170. The van der Waals surface area contributed by atoms with Crippen molar-refractivity contribution < 1.29 is 4.79 Å². The molecular weight excluding hydrogens is 296 g/mol. The molecule has 1 amide bonds. The number of hydrogen-bond acceptors (Lipinski definition) is 2. The average Bonchev–Trinajstić information content (AvgIpc) is 3.38. The molecule has 2 fully saturated rings. The number of nitrogens with zero attached hydrogens (tertiary/aromatic N) is 1. The third kappa shape index (κ3) is 2.48. The van der Waals surface area contributed by atoms with E-state index >= 15 is 0 Å². The van der Waals surface area contributed by atoms with E-state index in [9.17, 15) is 4.79 Å². The normalized spacial score (nSPS) is 33.8. The molecule has 2 bridgehead atoms. The quantitative estimate of drug-likeness (QED) is 0.922. The van der Waals surface area contributed by atoms with E-state index in [2.05, 4.69) is 37.8 Å². The minimum Gasteiger partial charge on any atom is -0.366 e. The summed E-state index contributed by atoms with van der Waals surface area (Å²) in [4.78, 5) is 14.4. The second-order valence-electron chi connectivity index (χ2n) is 8.77. The molecule has 2 aliphatic carbocycles. The van der Waals surface area contributed by atoms with Gasteiger partial charge in [0.15, 0.2) is 0 Å². The average molecular weight is 326 g/mol. The van der Waals surface area contributed by atoms with Gasteiger partial charge in [-0.05, 0) is 78.7 Å². The summed E-state index contributed by atoms with van der Waals surface area (Å²) in [6.45, 7) is 9.69. The van der Waals surface area contributed by atoms with Gasteiger partial charge in [0.2, 0.25) is 5.91 Å². The molecule has 130 valence electrons. The summed E-state index contributed by atoms with van der Waals surface area (Å²) in [7, 11) is 0. The van der Waals surface area contributed by atoms with Crippen LogP contribution in [0.5, 0.6) is 0 Å². The van der Waals surface area contributed by atoms with Gasteiger partial charge in [-0.25, -0.2) is 0 Å². The highest BCUT2D eigenvalue weighted by Crippen LogP contribution is 2.49. The van der Waals surface area contributed by atoms with E-state index in [4.69, 9.17) is 5.73 Å². The minimum atomic E-state index is -0.313. The molecule has 4 atom stereocenters. The molecule has 3 nitrogen and oxygen atoms in total. The van der Waals surface area contributed by atoms with Gasteiger partial charge in [-0.1, -0.05) is 26.8 Å². The molecule has 3 heteroatoms. The fourth-order valence-electron chi connectivity index (χ4n) is 5.27. The number of piperidine rings is 1. The maximum atomic E-state index is 11.6. The van der Waals surface area contributed by atoms with E-state index in [1.54, 1.807) is 0 Å². The van der Waals surface area contributed by atoms with Crippen LogP contribution in [0.25, 0.3) is 0 Å². The predicted molar refractivity (Wildman–Crippen MR) is 97.0 cm³/mol. The van der Waals surface area contributed by atoms with Crippen molar-refractivity contribution in [2.45, 2.75) is 57.9 Å². The van der Waals surface area contributed by atoms with Gasteiger partial charge >= 0.3 is 0 Å². The summed E-state index contributed by atoms with van der Waals surface area (Å²) in [6, 6.07) is 6.78. The van der Waals surface area contributed by atoms with Crippen LogP contribution in [0.15, 0.2) is 18.2 Å². The smallest absolute Gasteiger partial charge is 0.248 e. The number of benzene rings is 1. The van der Waals surface area contributed by atoms with E-state index in [0.29, 0.717) is 17.5 Å².